The van der Waals surface area contributed by atoms with Gasteiger partial charge in [0.2, 0.25) is 0 Å². The van der Waals surface area contributed by atoms with E-state index in [-0.39, 0.29) is 17.3 Å². The molecule has 0 spiro atoms. The molecule has 0 saturated carbocycles. The molecule has 2 N–H and O–H groups in total. The molecule has 6 heteroatoms. The molecule has 1 heterocycles. The Hall–Kier alpha value is -3.28. The van der Waals surface area contributed by atoms with Gasteiger partial charge < -0.3 is 5.32 Å². The Morgan fingerprint density at radius 2 is 1.87 bits per heavy atom. The number of fused-ring (bicyclic) bond motifs is 1. The van der Waals surface area contributed by atoms with Gasteiger partial charge in [-0.15, -0.1) is 0 Å². The highest BCUT2D eigenvalue weighted by atomic mass is 19.1. The molecule has 0 atom stereocenters. The van der Waals surface area contributed by atoms with Gasteiger partial charge in [-0.05, 0) is 67.0 Å². The number of rotatable bonds is 6. The number of aromatic nitrogens is 2. The first kappa shape index (κ1) is 20.0. The number of aromatic amines is 1. The first-order chi connectivity index (χ1) is 14.6. The van der Waals surface area contributed by atoms with Crippen LogP contribution in [0, 0.1) is 5.82 Å². The average Bonchev–Trinajstić information content (AvgIpc) is 2.77. The highest BCUT2D eigenvalue weighted by Gasteiger charge is 2.18. The van der Waals surface area contributed by atoms with Crippen LogP contribution in [-0.2, 0) is 25.7 Å². The summed E-state index contributed by atoms with van der Waals surface area (Å²) in [5.41, 5.74) is 4.81. The van der Waals surface area contributed by atoms with E-state index in [9.17, 15) is 14.0 Å². The molecule has 1 aliphatic carbocycles. The summed E-state index contributed by atoms with van der Waals surface area (Å²) >= 11 is 0. The van der Waals surface area contributed by atoms with Gasteiger partial charge in [0.15, 0.2) is 0 Å². The van der Waals surface area contributed by atoms with Crippen molar-refractivity contribution in [3.63, 3.8) is 0 Å². The fraction of sp³-hybridized carbons (Fsp3) is 0.292. The van der Waals surface area contributed by atoms with Gasteiger partial charge in [-0.3, -0.25) is 9.59 Å². The minimum absolute atomic E-state index is 0.0866. The Kier molecular flexibility index (Phi) is 6.02. The summed E-state index contributed by atoms with van der Waals surface area (Å²) in [5, 5.41) is 9.75. The highest BCUT2D eigenvalue weighted by molar-refractivity contribution is 5.94. The lowest BCUT2D eigenvalue weighted by Crippen LogP contribution is -2.26. The van der Waals surface area contributed by atoms with Crippen LogP contribution >= 0.6 is 0 Å². The molecule has 0 radical (unpaired) electrons. The summed E-state index contributed by atoms with van der Waals surface area (Å²) in [6.07, 6.45) is 4.76. The molecule has 3 aromatic rings. The standard InChI is InChI=1S/C24H24FN3O2/c25-21-11-4-1-7-17(21)12-13-26-23(29)18-8-5-6-16(14-18)15-22-19-9-2-3-10-20(19)24(30)28-27-22/h1,4-8,11,14H,2-3,9-10,12-13,15H2,(H,26,29)(H,28,30). The van der Waals surface area contributed by atoms with Crippen LogP contribution in [-0.4, -0.2) is 22.6 Å². The normalized spacial score (nSPS) is 13.0. The summed E-state index contributed by atoms with van der Waals surface area (Å²) in [7, 11) is 0. The summed E-state index contributed by atoms with van der Waals surface area (Å²) < 4.78 is 13.7. The molecule has 1 amide bonds. The molecule has 0 aliphatic heterocycles. The lowest BCUT2D eigenvalue weighted by atomic mass is 9.90. The van der Waals surface area contributed by atoms with Gasteiger partial charge in [0.1, 0.15) is 5.82 Å². The molecule has 1 aliphatic rings. The number of nitrogens with one attached hydrogen (secondary N) is 2. The van der Waals surface area contributed by atoms with Crippen molar-refractivity contribution in [2.45, 2.75) is 38.5 Å². The number of hydrogen-bond donors (Lipinski definition) is 2. The van der Waals surface area contributed by atoms with Crippen molar-refractivity contribution in [2.24, 2.45) is 0 Å². The van der Waals surface area contributed by atoms with E-state index in [2.05, 4.69) is 15.5 Å². The zero-order valence-electron chi connectivity index (χ0n) is 16.7. The second kappa shape index (κ2) is 9.03. The van der Waals surface area contributed by atoms with Crippen LogP contribution in [0.4, 0.5) is 4.39 Å². The number of H-pyrrole nitrogens is 1. The maximum Gasteiger partial charge on any atom is 0.267 e. The van der Waals surface area contributed by atoms with Crippen LogP contribution in [0.1, 0.15) is 51.1 Å². The van der Waals surface area contributed by atoms with Crippen LogP contribution in [0.3, 0.4) is 0 Å². The van der Waals surface area contributed by atoms with Crippen molar-refractivity contribution in [1.82, 2.24) is 15.5 Å². The van der Waals surface area contributed by atoms with Crippen molar-refractivity contribution >= 4 is 5.91 Å². The second-order valence-corrected chi connectivity index (χ2v) is 7.64. The van der Waals surface area contributed by atoms with Crippen molar-refractivity contribution < 1.29 is 9.18 Å². The van der Waals surface area contributed by atoms with Crippen LogP contribution in [0.2, 0.25) is 0 Å². The van der Waals surface area contributed by atoms with E-state index >= 15 is 0 Å². The van der Waals surface area contributed by atoms with Gasteiger partial charge in [-0.2, -0.15) is 5.10 Å². The summed E-state index contributed by atoms with van der Waals surface area (Å²) in [5.74, 6) is -0.449. The fourth-order valence-corrected chi connectivity index (χ4v) is 4.00. The third-order valence-corrected chi connectivity index (χ3v) is 5.58. The van der Waals surface area contributed by atoms with Crippen LogP contribution < -0.4 is 10.9 Å². The number of hydrogen-bond acceptors (Lipinski definition) is 3. The molecular formula is C24H24FN3O2. The van der Waals surface area contributed by atoms with Crippen molar-refractivity contribution in [2.75, 3.05) is 6.54 Å². The Balaban J connectivity index is 1.43. The Morgan fingerprint density at radius 3 is 2.70 bits per heavy atom. The SMILES string of the molecule is O=C(NCCc1ccccc1F)c1cccc(Cc2n[nH]c(=O)c3c2CCCC3)c1. The molecule has 5 nitrogen and oxygen atoms in total. The lowest BCUT2D eigenvalue weighted by molar-refractivity contribution is 0.0954. The molecule has 154 valence electrons. The first-order valence-corrected chi connectivity index (χ1v) is 10.3. The average molecular weight is 405 g/mol. The van der Waals surface area contributed by atoms with Gasteiger partial charge >= 0.3 is 0 Å². The van der Waals surface area contributed by atoms with E-state index in [4.69, 9.17) is 0 Å². The predicted molar refractivity (Wildman–Crippen MR) is 113 cm³/mol. The van der Waals surface area contributed by atoms with Crippen molar-refractivity contribution in [3.05, 3.63) is 98.2 Å². The third kappa shape index (κ3) is 4.48. The van der Waals surface area contributed by atoms with Gasteiger partial charge in [0.05, 0.1) is 5.69 Å². The molecule has 0 fully saturated rings. The number of nitrogens with zero attached hydrogens (tertiary/aromatic N) is 1. The van der Waals surface area contributed by atoms with Gasteiger partial charge in [-0.25, -0.2) is 9.49 Å². The molecule has 30 heavy (non-hydrogen) atoms. The zero-order valence-corrected chi connectivity index (χ0v) is 16.7. The Bertz CT molecular complexity index is 1120. The van der Waals surface area contributed by atoms with E-state index in [1.807, 2.05) is 18.2 Å². The number of carbonyl (C=O) groups is 1. The van der Waals surface area contributed by atoms with E-state index in [1.54, 1.807) is 24.3 Å². The summed E-state index contributed by atoms with van der Waals surface area (Å²) in [6.45, 7) is 0.360. The van der Waals surface area contributed by atoms with Crippen LogP contribution in [0.15, 0.2) is 53.3 Å². The Labute approximate surface area is 174 Å². The van der Waals surface area contributed by atoms with Gasteiger partial charge in [-0.1, -0.05) is 30.3 Å². The quantitative estimate of drug-likeness (QED) is 0.660. The number of amides is 1. The maximum atomic E-state index is 13.7. The largest absolute Gasteiger partial charge is 0.352 e. The number of carbonyl (C=O) groups excluding carboxylic acids is 1. The van der Waals surface area contributed by atoms with E-state index < -0.39 is 0 Å². The molecule has 0 unspecified atom stereocenters. The van der Waals surface area contributed by atoms with Crippen molar-refractivity contribution in [1.29, 1.82) is 0 Å². The molecule has 0 bridgehead atoms. The van der Waals surface area contributed by atoms with E-state index in [0.717, 1.165) is 48.1 Å². The van der Waals surface area contributed by atoms with E-state index in [0.29, 0.717) is 30.5 Å². The zero-order chi connectivity index (χ0) is 20.9. The number of halogens is 1. The maximum absolute atomic E-state index is 13.7. The molecule has 1 aromatic heterocycles. The monoisotopic (exact) mass is 405 g/mol. The van der Waals surface area contributed by atoms with Crippen LogP contribution in [0.25, 0.3) is 0 Å². The summed E-state index contributed by atoms with van der Waals surface area (Å²) in [4.78, 5) is 24.6. The minimum atomic E-state index is -0.259. The van der Waals surface area contributed by atoms with Crippen LogP contribution in [0.5, 0.6) is 0 Å². The fourth-order valence-electron chi connectivity index (χ4n) is 4.00. The Morgan fingerprint density at radius 1 is 1.07 bits per heavy atom. The first-order valence-electron chi connectivity index (χ1n) is 10.3. The molecule has 2 aromatic carbocycles. The lowest BCUT2D eigenvalue weighted by Gasteiger charge is -2.17. The molecule has 0 saturated heterocycles. The summed E-state index contributed by atoms with van der Waals surface area (Å²) in [6, 6.07) is 14.0. The minimum Gasteiger partial charge on any atom is -0.352 e. The topological polar surface area (TPSA) is 74.8 Å². The molecular weight excluding hydrogens is 381 g/mol. The second-order valence-electron chi connectivity index (χ2n) is 7.64. The van der Waals surface area contributed by atoms with Crippen molar-refractivity contribution in [3.8, 4) is 0 Å². The van der Waals surface area contributed by atoms with Gasteiger partial charge in [0, 0.05) is 24.1 Å². The van der Waals surface area contributed by atoms with Gasteiger partial charge in [0.25, 0.3) is 11.5 Å². The number of benzene rings is 2. The third-order valence-electron chi connectivity index (χ3n) is 5.58. The van der Waals surface area contributed by atoms with E-state index in [1.165, 1.54) is 6.07 Å². The highest BCUT2D eigenvalue weighted by Crippen LogP contribution is 2.22. The molecule has 4 rings (SSSR count). The smallest absolute Gasteiger partial charge is 0.267 e. The predicted octanol–water partition coefficient (Wildman–Crippen LogP) is 3.35.